The molecule has 3 aromatic heterocycles. The predicted molar refractivity (Wildman–Crippen MR) is 120 cm³/mol. The van der Waals surface area contributed by atoms with Crippen molar-refractivity contribution in [2.24, 2.45) is 7.05 Å². The number of aromatic nitrogens is 5. The molecule has 0 bridgehead atoms. The summed E-state index contributed by atoms with van der Waals surface area (Å²) in [6.07, 6.45) is 2.67. The minimum atomic E-state index is -4.45. The van der Waals surface area contributed by atoms with E-state index in [9.17, 15) is 23.1 Å². The molecule has 1 fully saturated rings. The quantitative estimate of drug-likeness (QED) is 0.482. The Kier molecular flexibility index (Phi) is 5.47. The van der Waals surface area contributed by atoms with Gasteiger partial charge >= 0.3 is 6.18 Å². The van der Waals surface area contributed by atoms with Crippen molar-refractivity contribution in [1.82, 2.24) is 24.3 Å². The van der Waals surface area contributed by atoms with Crippen LogP contribution in [0.5, 0.6) is 0 Å². The number of aliphatic hydroxyl groups is 1. The van der Waals surface area contributed by atoms with Gasteiger partial charge in [0.2, 0.25) is 0 Å². The third-order valence-electron chi connectivity index (χ3n) is 6.27. The zero-order valence-electron chi connectivity index (χ0n) is 18.3. The minimum absolute atomic E-state index is 0.169. The second-order valence-electron chi connectivity index (χ2n) is 8.66. The second-order valence-corrected chi connectivity index (χ2v) is 8.66. The number of halogens is 3. The van der Waals surface area contributed by atoms with Gasteiger partial charge in [-0.3, -0.25) is 14.0 Å². The van der Waals surface area contributed by atoms with E-state index in [1.165, 1.54) is 18.5 Å². The average Bonchev–Trinajstić information content (AvgIpc) is 3.24. The summed E-state index contributed by atoms with van der Waals surface area (Å²) in [6, 6.07) is 6.08. The van der Waals surface area contributed by atoms with Crippen LogP contribution in [0.4, 0.5) is 13.2 Å². The Labute approximate surface area is 192 Å². The van der Waals surface area contributed by atoms with Crippen LogP contribution in [0.15, 0.2) is 53.8 Å². The third-order valence-corrected chi connectivity index (χ3v) is 6.27. The molecule has 0 spiro atoms. The van der Waals surface area contributed by atoms with Gasteiger partial charge in [0.15, 0.2) is 0 Å². The van der Waals surface area contributed by atoms with Gasteiger partial charge in [-0.05, 0) is 43.9 Å². The summed E-state index contributed by atoms with van der Waals surface area (Å²) in [5, 5.41) is 14.6. The van der Waals surface area contributed by atoms with Gasteiger partial charge in [-0.15, -0.1) is 0 Å². The van der Waals surface area contributed by atoms with Crippen LogP contribution in [0.1, 0.15) is 37.3 Å². The highest BCUT2D eigenvalue weighted by Crippen LogP contribution is 2.33. The lowest BCUT2D eigenvalue weighted by Gasteiger charge is -2.27. The first-order chi connectivity index (χ1) is 16.2. The first-order valence-electron chi connectivity index (χ1n) is 11.0. The Morgan fingerprint density at radius 2 is 1.88 bits per heavy atom. The number of pyridine rings is 1. The molecule has 2 unspecified atom stereocenters. The molecular weight excluding hydrogens is 447 g/mol. The molecule has 4 aromatic rings. The highest BCUT2D eigenvalue weighted by atomic mass is 19.4. The monoisotopic (exact) mass is 469 g/mol. The lowest BCUT2D eigenvalue weighted by Crippen LogP contribution is -2.30. The van der Waals surface area contributed by atoms with Crippen molar-refractivity contribution in [3.8, 4) is 22.5 Å². The fraction of sp³-hybridized carbons (Fsp3) is 0.333. The summed E-state index contributed by atoms with van der Waals surface area (Å²) in [6.45, 7) is 0. The molecule has 7 nitrogen and oxygen atoms in total. The molecule has 176 valence electrons. The Bertz CT molecular complexity index is 1410. The number of hydrogen-bond donors (Lipinski definition) is 1. The molecule has 34 heavy (non-hydrogen) atoms. The molecule has 1 aliphatic rings. The molecule has 0 aliphatic heterocycles. The summed E-state index contributed by atoms with van der Waals surface area (Å²) in [4.78, 5) is 22.7. The first-order valence-corrected chi connectivity index (χ1v) is 11.0. The maximum Gasteiger partial charge on any atom is 0.416 e. The SMILES string of the molecule is Cn1cc(-c2nc(-c3ccc(C(F)(F)F)cc3)cc3c(=O)n(C4CCCC(O)C4)cnc23)cn1. The van der Waals surface area contributed by atoms with Crippen molar-refractivity contribution in [3.63, 3.8) is 0 Å². The zero-order chi connectivity index (χ0) is 24.0. The van der Waals surface area contributed by atoms with Gasteiger partial charge in [-0.2, -0.15) is 18.3 Å². The topological polar surface area (TPSA) is 85.8 Å². The maximum atomic E-state index is 13.5. The number of aryl methyl sites for hydroxylation is 1. The third kappa shape index (κ3) is 4.09. The van der Waals surface area contributed by atoms with Gasteiger partial charge in [-0.25, -0.2) is 9.97 Å². The molecule has 0 radical (unpaired) electrons. The molecule has 1 aliphatic carbocycles. The number of aliphatic hydroxyl groups excluding tert-OH is 1. The summed E-state index contributed by atoms with van der Waals surface area (Å²) >= 11 is 0. The van der Waals surface area contributed by atoms with Gasteiger partial charge in [0.1, 0.15) is 11.2 Å². The van der Waals surface area contributed by atoms with Crippen molar-refractivity contribution in [3.05, 3.63) is 65.0 Å². The van der Waals surface area contributed by atoms with Gasteiger partial charge in [0.25, 0.3) is 5.56 Å². The number of hydrogen-bond acceptors (Lipinski definition) is 5. The van der Waals surface area contributed by atoms with Crippen LogP contribution < -0.4 is 5.56 Å². The van der Waals surface area contributed by atoms with E-state index >= 15 is 0 Å². The number of nitrogens with zero attached hydrogens (tertiary/aromatic N) is 5. The fourth-order valence-corrected chi connectivity index (χ4v) is 4.52. The Balaban J connectivity index is 1.70. The van der Waals surface area contributed by atoms with Crippen LogP contribution >= 0.6 is 0 Å². The van der Waals surface area contributed by atoms with E-state index in [-0.39, 0.29) is 11.6 Å². The van der Waals surface area contributed by atoms with Gasteiger partial charge in [-0.1, -0.05) is 12.1 Å². The second kappa shape index (κ2) is 8.35. The number of rotatable bonds is 3. The highest BCUT2D eigenvalue weighted by molar-refractivity contribution is 5.93. The van der Waals surface area contributed by atoms with Gasteiger partial charge < -0.3 is 5.11 Å². The van der Waals surface area contributed by atoms with Gasteiger partial charge in [0, 0.05) is 30.4 Å². The van der Waals surface area contributed by atoms with Crippen molar-refractivity contribution in [2.45, 2.75) is 44.0 Å². The maximum absolute atomic E-state index is 13.5. The van der Waals surface area contributed by atoms with Crippen LogP contribution in [0.25, 0.3) is 33.4 Å². The van der Waals surface area contributed by atoms with E-state index in [2.05, 4.69) is 15.1 Å². The number of fused-ring (bicyclic) bond motifs is 1. The van der Waals surface area contributed by atoms with E-state index in [0.29, 0.717) is 46.3 Å². The molecule has 1 N–H and O–H groups in total. The normalized spacial score (nSPS) is 19.0. The van der Waals surface area contributed by atoms with Crippen LogP contribution in [0.3, 0.4) is 0 Å². The minimum Gasteiger partial charge on any atom is -0.393 e. The predicted octanol–water partition coefficient (Wildman–Crippen LogP) is 4.35. The molecule has 2 atom stereocenters. The van der Waals surface area contributed by atoms with E-state index in [1.807, 2.05) is 0 Å². The Morgan fingerprint density at radius 1 is 1.12 bits per heavy atom. The van der Waals surface area contributed by atoms with Crippen molar-refractivity contribution in [2.75, 3.05) is 0 Å². The van der Waals surface area contributed by atoms with E-state index < -0.39 is 17.8 Å². The zero-order valence-corrected chi connectivity index (χ0v) is 18.3. The largest absolute Gasteiger partial charge is 0.416 e. The highest BCUT2D eigenvalue weighted by Gasteiger charge is 2.30. The summed E-state index contributed by atoms with van der Waals surface area (Å²) in [5.74, 6) is 0. The van der Waals surface area contributed by atoms with E-state index in [4.69, 9.17) is 0 Å². The summed E-state index contributed by atoms with van der Waals surface area (Å²) < 4.78 is 42.2. The molecule has 1 aromatic carbocycles. The molecule has 0 saturated heterocycles. The lowest BCUT2D eigenvalue weighted by molar-refractivity contribution is -0.137. The van der Waals surface area contributed by atoms with Gasteiger partial charge in [0.05, 0.1) is 35.3 Å². The standard InChI is InChI=1S/C24H22F3N5O2/c1-31-12-15(11-29-31)21-22-19(23(34)32(13-28-22)17-3-2-4-18(33)9-17)10-20(30-21)14-5-7-16(8-6-14)24(25,26)27/h5-8,10-13,17-18,33H,2-4,9H2,1H3. The van der Waals surface area contributed by atoms with Crippen LogP contribution in [-0.4, -0.2) is 35.5 Å². The molecular formula is C24H22F3N5O2. The van der Waals surface area contributed by atoms with Crippen molar-refractivity contribution >= 4 is 10.9 Å². The average molecular weight is 469 g/mol. The lowest BCUT2D eigenvalue weighted by atomic mass is 9.93. The van der Waals surface area contributed by atoms with Crippen molar-refractivity contribution < 1.29 is 18.3 Å². The first kappa shape index (κ1) is 22.3. The van der Waals surface area contributed by atoms with E-state index in [1.54, 1.807) is 34.8 Å². The molecule has 1 saturated carbocycles. The molecule has 0 amide bonds. The van der Waals surface area contributed by atoms with Crippen molar-refractivity contribution in [1.29, 1.82) is 0 Å². The Morgan fingerprint density at radius 3 is 2.53 bits per heavy atom. The van der Waals surface area contributed by atoms with Crippen LogP contribution in [0, 0.1) is 0 Å². The number of alkyl halides is 3. The van der Waals surface area contributed by atoms with E-state index in [0.717, 1.165) is 25.0 Å². The smallest absolute Gasteiger partial charge is 0.393 e. The summed E-state index contributed by atoms with van der Waals surface area (Å²) in [5.41, 5.74) is 1.23. The Hall–Kier alpha value is -3.53. The van der Waals surface area contributed by atoms with Crippen LogP contribution in [-0.2, 0) is 13.2 Å². The molecule has 3 heterocycles. The summed E-state index contributed by atoms with van der Waals surface area (Å²) in [7, 11) is 1.75. The molecule has 10 heteroatoms. The van der Waals surface area contributed by atoms with Crippen LogP contribution in [0.2, 0.25) is 0 Å². The number of benzene rings is 1. The molecule has 5 rings (SSSR count). The fourth-order valence-electron chi connectivity index (χ4n) is 4.52.